The van der Waals surface area contributed by atoms with E-state index in [2.05, 4.69) is 15.1 Å². The van der Waals surface area contributed by atoms with Crippen LogP contribution in [-0.4, -0.2) is 20.8 Å². The molecule has 0 radical (unpaired) electrons. The largest absolute Gasteiger partial charge is 0.269 e. The van der Waals surface area contributed by atoms with Gasteiger partial charge in [0.1, 0.15) is 5.82 Å². The predicted molar refractivity (Wildman–Crippen MR) is 113 cm³/mol. The summed E-state index contributed by atoms with van der Waals surface area (Å²) < 4.78 is 15.0. The van der Waals surface area contributed by atoms with E-state index in [1.807, 2.05) is 11.4 Å². The van der Waals surface area contributed by atoms with E-state index in [0.29, 0.717) is 16.1 Å². The van der Waals surface area contributed by atoms with E-state index in [4.69, 9.17) is 0 Å². The summed E-state index contributed by atoms with van der Waals surface area (Å²) in [6.45, 7) is 0. The number of hydrogen-bond acceptors (Lipinski definition) is 6. The summed E-state index contributed by atoms with van der Waals surface area (Å²) in [7, 11) is 0. The fraction of sp³-hybridized carbons (Fsp3) is 0. The van der Waals surface area contributed by atoms with Crippen LogP contribution >= 0.6 is 11.3 Å². The van der Waals surface area contributed by atoms with Gasteiger partial charge < -0.3 is 0 Å². The van der Waals surface area contributed by atoms with Crippen LogP contribution in [0.1, 0.15) is 5.56 Å². The molecule has 0 saturated carbocycles. The molecule has 9 heteroatoms. The molecule has 0 bridgehead atoms. The lowest BCUT2D eigenvalue weighted by Gasteiger charge is -2.04. The Hall–Kier alpha value is -3.98. The van der Waals surface area contributed by atoms with Crippen LogP contribution in [0.3, 0.4) is 0 Å². The predicted octanol–water partition coefficient (Wildman–Crippen LogP) is 4.77. The molecule has 2 aromatic heterocycles. The van der Waals surface area contributed by atoms with Gasteiger partial charge in [-0.3, -0.25) is 15.1 Å². The maximum absolute atomic E-state index is 13.3. The van der Waals surface area contributed by atoms with Crippen LogP contribution in [0.25, 0.3) is 11.3 Å². The first kappa shape index (κ1) is 19.3. The minimum absolute atomic E-state index is 0.00889. The number of nitro benzene ring substituents is 1. The molecule has 0 fully saturated rings. The molecule has 30 heavy (non-hydrogen) atoms. The third-order valence-electron chi connectivity index (χ3n) is 4.12. The van der Waals surface area contributed by atoms with Crippen LogP contribution in [0.5, 0.6) is 0 Å². The van der Waals surface area contributed by atoms with Gasteiger partial charge in [-0.05, 0) is 54.1 Å². The first-order valence-corrected chi connectivity index (χ1v) is 9.68. The van der Waals surface area contributed by atoms with E-state index in [-0.39, 0.29) is 11.5 Å². The topological polar surface area (TPSA) is 85.7 Å². The minimum Gasteiger partial charge on any atom is -0.262 e. The third-order valence-corrected chi connectivity index (χ3v) is 4.94. The van der Waals surface area contributed by atoms with Crippen LogP contribution < -0.4 is 4.80 Å². The Morgan fingerprint density at radius 1 is 1.10 bits per heavy atom. The van der Waals surface area contributed by atoms with E-state index >= 15 is 0 Å². The van der Waals surface area contributed by atoms with Crippen molar-refractivity contribution in [2.75, 3.05) is 0 Å². The summed E-state index contributed by atoms with van der Waals surface area (Å²) in [5, 5.41) is 17.2. The SMILES string of the molecule is O=[N+]([O-])c1ccc(C=Nn2c(-c3ccc(F)cc3)csc2=Nc2cccnc2)cc1. The molecular formula is C21H14FN5O2S. The van der Waals surface area contributed by atoms with Crippen LogP contribution in [-0.2, 0) is 0 Å². The van der Waals surface area contributed by atoms with Gasteiger partial charge in [-0.25, -0.2) is 14.1 Å². The maximum atomic E-state index is 13.3. The Morgan fingerprint density at radius 2 is 1.87 bits per heavy atom. The Balaban J connectivity index is 1.78. The van der Waals surface area contributed by atoms with Gasteiger partial charge in [0, 0.05) is 29.3 Å². The monoisotopic (exact) mass is 419 g/mol. The standard InChI is InChI=1S/C21H14FN5O2S/c22-17-7-5-16(6-8-17)20-14-30-21(25-18-2-1-11-23-13-18)26(20)24-12-15-3-9-19(10-4-15)27(28)29/h1-14H. The molecule has 0 unspecified atom stereocenters. The van der Waals surface area contributed by atoms with Gasteiger partial charge in [0.25, 0.3) is 5.69 Å². The highest BCUT2D eigenvalue weighted by Crippen LogP contribution is 2.21. The van der Waals surface area contributed by atoms with Crippen LogP contribution in [0, 0.1) is 15.9 Å². The van der Waals surface area contributed by atoms with E-state index < -0.39 is 4.92 Å². The number of nitrogens with zero attached hydrogens (tertiary/aromatic N) is 5. The zero-order valence-electron chi connectivity index (χ0n) is 15.4. The van der Waals surface area contributed by atoms with Crippen molar-refractivity contribution in [3.05, 3.63) is 105 Å². The van der Waals surface area contributed by atoms with Crippen molar-refractivity contribution in [1.82, 2.24) is 9.66 Å². The number of pyridine rings is 1. The van der Waals surface area contributed by atoms with Gasteiger partial charge in [-0.15, -0.1) is 11.3 Å². The fourth-order valence-electron chi connectivity index (χ4n) is 2.64. The van der Waals surface area contributed by atoms with E-state index in [1.54, 1.807) is 53.6 Å². The molecule has 7 nitrogen and oxygen atoms in total. The molecule has 2 aromatic carbocycles. The summed E-state index contributed by atoms with van der Waals surface area (Å²) in [6.07, 6.45) is 4.89. The summed E-state index contributed by atoms with van der Waals surface area (Å²) >= 11 is 1.38. The lowest BCUT2D eigenvalue weighted by atomic mass is 10.2. The second kappa shape index (κ2) is 8.58. The highest BCUT2D eigenvalue weighted by molar-refractivity contribution is 7.07. The molecule has 4 rings (SSSR count). The van der Waals surface area contributed by atoms with Crippen molar-refractivity contribution >= 4 is 28.9 Å². The molecule has 0 spiro atoms. The molecule has 0 saturated heterocycles. The number of halogens is 1. The Morgan fingerprint density at radius 3 is 2.53 bits per heavy atom. The van der Waals surface area contributed by atoms with Gasteiger partial charge in [0.05, 0.1) is 28.7 Å². The van der Waals surface area contributed by atoms with E-state index in [0.717, 1.165) is 11.3 Å². The van der Waals surface area contributed by atoms with Crippen LogP contribution in [0.2, 0.25) is 0 Å². The lowest BCUT2D eigenvalue weighted by molar-refractivity contribution is -0.384. The lowest BCUT2D eigenvalue weighted by Crippen LogP contribution is -2.11. The second-order valence-corrected chi connectivity index (χ2v) is 6.98. The van der Waals surface area contributed by atoms with Crippen molar-refractivity contribution in [2.24, 2.45) is 10.1 Å². The molecule has 0 aliphatic rings. The normalized spacial score (nSPS) is 11.8. The van der Waals surface area contributed by atoms with Crippen molar-refractivity contribution in [1.29, 1.82) is 0 Å². The van der Waals surface area contributed by atoms with Crippen molar-refractivity contribution in [2.45, 2.75) is 0 Å². The number of nitro groups is 1. The number of thiazole rings is 1. The molecule has 0 atom stereocenters. The summed E-state index contributed by atoms with van der Waals surface area (Å²) in [5.74, 6) is -0.324. The van der Waals surface area contributed by atoms with Gasteiger partial charge in [0.2, 0.25) is 4.80 Å². The van der Waals surface area contributed by atoms with Crippen molar-refractivity contribution < 1.29 is 9.31 Å². The molecule has 0 aliphatic heterocycles. The Bertz CT molecular complexity index is 1260. The van der Waals surface area contributed by atoms with Gasteiger partial charge >= 0.3 is 0 Å². The molecule has 4 aromatic rings. The first-order chi connectivity index (χ1) is 14.6. The molecular weight excluding hydrogens is 405 g/mol. The number of non-ortho nitro benzene ring substituents is 1. The second-order valence-electron chi connectivity index (χ2n) is 6.14. The summed E-state index contributed by atoms with van der Waals surface area (Å²) in [6, 6.07) is 15.8. The fourth-order valence-corrected chi connectivity index (χ4v) is 3.50. The van der Waals surface area contributed by atoms with E-state index in [1.165, 1.54) is 35.6 Å². The zero-order valence-corrected chi connectivity index (χ0v) is 16.2. The Kier molecular flexibility index (Phi) is 5.53. The van der Waals surface area contributed by atoms with Gasteiger partial charge in [0.15, 0.2) is 0 Å². The zero-order chi connectivity index (χ0) is 20.9. The first-order valence-electron chi connectivity index (χ1n) is 8.80. The highest BCUT2D eigenvalue weighted by Gasteiger charge is 2.08. The van der Waals surface area contributed by atoms with Gasteiger partial charge in [-0.2, -0.15) is 5.10 Å². The molecule has 0 amide bonds. The number of hydrogen-bond donors (Lipinski definition) is 0. The van der Waals surface area contributed by atoms with Crippen LogP contribution in [0.4, 0.5) is 15.8 Å². The maximum Gasteiger partial charge on any atom is 0.269 e. The number of aromatic nitrogens is 2. The average Bonchev–Trinajstić information content (AvgIpc) is 3.16. The minimum atomic E-state index is -0.452. The van der Waals surface area contributed by atoms with E-state index in [9.17, 15) is 14.5 Å². The quantitative estimate of drug-likeness (QED) is 0.265. The molecule has 2 heterocycles. The molecule has 148 valence electrons. The van der Waals surface area contributed by atoms with Crippen molar-refractivity contribution in [3.8, 4) is 11.3 Å². The average molecular weight is 419 g/mol. The summed E-state index contributed by atoms with van der Waals surface area (Å²) in [5.41, 5.74) is 2.89. The van der Waals surface area contributed by atoms with Crippen molar-refractivity contribution in [3.63, 3.8) is 0 Å². The van der Waals surface area contributed by atoms with Crippen LogP contribution in [0.15, 0.2) is 88.5 Å². The smallest absolute Gasteiger partial charge is 0.262 e. The number of rotatable bonds is 5. The summed E-state index contributed by atoms with van der Waals surface area (Å²) in [4.78, 5) is 19.6. The molecule has 0 aliphatic carbocycles. The highest BCUT2D eigenvalue weighted by atomic mass is 32.1. The molecule has 0 N–H and O–H groups in total. The van der Waals surface area contributed by atoms with Gasteiger partial charge in [-0.1, -0.05) is 0 Å². The number of benzene rings is 2. The third kappa shape index (κ3) is 4.36. The Labute approximate surface area is 174 Å².